The zero-order valence-electron chi connectivity index (χ0n) is 8.70. The van der Waals surface area contributed by atoms with Gasteiger partial charge in [-0.15, -0.1) is 0 Å². The number of rotatable bonds is 5. The second-order valence-corrected chi connectivity index (χ2v) is 4.61. The molecule has 0 amide bonds. The minimum Gasteiger partial charge on any atom is -0.465 e. The van der Waals surface area contributed by atoms with Crippen LogP contribution in [0.1, 0.15) is 31.2 Å². The lowest BCUT2D eigenvalue weighted by molar-refractivity contribution is 0.0216. The van der Waals surface area contributed by atoms with Crippen molar-refractivity contribution in [3.63, 3.8) is 0 Å². The van der Waals surface area contributed by atoms with Crippen LogP contribution in [-0.2, 0) is 4.74 Å². The maximum absolute atomic E-state index is 5.50. The minimum absolute atomic E-state index is 0.308. The Morgan fingerprint density at radius 2 is 2.33 bits per heavy atom. The molecule has 15 heavy (non-hydrogen) atoms. The minimum atomic E-state index is 0.308. The van der Waals surface area contributed by atoms with E-state index < -0.39 is 0 Å². The summed E-state index contributed by atoms with van der Waals surface area (Å²) in [6, 6.07) is 2.09. The van der Waals surface area contributed by atoms with Crippen LogP contribution in [0.3, 0.4) is 0 Å². The molecule has 1 heterocycles. The molecule has 1 fully saturated rings. The van der Waals surface area contributed by atoms with Crippen LogP contribution >= 0.6 is 22.6 Å². The van der Waals surface area contributed by atoms with Gasteiger partial charge in [0.2, 0.25) is 0 Å². The Hall–Kier alpha value is -0.360. The van der Waals surface area contributed by atoms with Crippen molar-refractivity contribution in [2.24, 2.45) is 0 Å². The van der Waals surface area contributed by atoms with E-state index in [2.05, 4.69) is 33.6 Å². The van der Waals surface area contributed by atoms with Crippen molar-refractivity contribution in [1.29, 1.82) is 0 Å². The van der Waals surface area contributed by atoms with E-state index in [0.717, 1.165) is 9.45 Å². The Kier molecular flexibility index (Phi) is 3.80. The summed E-state index contributed by atoms with van der Waals surface area (Å²) in [5.41, 5.74) is 1.29. The van der Waals surface area contributed by atoms with E-state index in [1.54, 1.807) is 0 Å². The van der Waals surface area contributed by atoms with Gasteiger partial charge in [-0.05, 0) is 59.9 Å². The molecule has 0 atom stereocenters. The number of halogens is 1. The zero-order chi connectivity index (χ0) is 10.7. The molecule has 4 heteroatoms. The summed E-state index contributed by atoms with van der Waals surface area (Å²) in [6.07, 6.45) is 4.52. The van der Waals surface area contributed by atoms with Crippen molar-refractivity contribution in [3.8, 4) is 5.75 Å². The maximum atomic E-state index is 5.50. The van der Waals surface area contributed by atoms with E-state index in [1.165, 1.54) is 18.4 Å². The molecule has 0 spiro atoms. The zero-order valence-corrected chi connectivity index (χ0v) is 10.9. The standard InChI is InChI=1S/C11H14INO2/c1-2-14-7-15-10-5-9(8-3-4-8)6-13-11(10)12/h5-6,8H,2-4,7H2,1H3. The topological polar surface area (TPSA) is 31.4 Å². The van der Waals surface area contributed by atoms with Crippen molar-refractivity contribution < 1.29 is 9.47 Å². The lowest BCUT2D eigenvalue weighted by Gasteiger charge is -2.08. The van der Waals surface area contributed by atoms with Crippen LogP contribution in [-0.4, -0.2) is 18.4 Å². The maximum Gasteiger partial charge on any atom is 0.189 e. The average Bonchev–Trinajstić information content (AvgIpc) is 3.05. The Balaban J connectivity index is 2.03. The van der Waals surface area contributed by atoms with Crippen LogP contribution in [0.25, 0.3) is 0 Å². The summed E-state index contributed by atoms with van der Waals surface area (Å²) in [5, 5.41) is 0. The van der Waals surface area contributed by atoms with Crippen molar-refractivity contribution in [2.75, 3.05) is 13.4 Å². The Bertz CT molecular complexity index is 339. The van der Waals surface area contributed by atoms with E-state index in [4.69, 9.17) is 9.47 Å². The first-order valence-corrected chi connectivity index (χ1v) is 6.25. The summed E-state index contributed by atoms with van der Waals surface area (Å²) >= 11 is 2.18. The van der Waals surface area contributed by atoms with Crippen LogP contribution in [0.5, 0.6) is 5.75 Å². The number of ether oxygens (including phenoxy) is 2. The summed E-state index contributed by atoms with van der Waals surface area (Å²) in [7, 11) is 0. The molecular weight excluding hydrogens is 305 g/mol. The average molecular weight is 319 g/mol. The summed E-state index contributed by atoms with van der Waals surface area (Å²) in [4.78, 5) is 4.33. The van der Waals surface area contributed by atoms with E-state index in [1.807, 2.05) is 13.1 Å². The van der Waals surface area contributed by atoms with Gasteiger partial charge >= 0.3 is 0 Å². The van der Waals surface area contributed by atoms with E-state index in [9.17, 15) is 0 Å². The molecule has 0 aromatic carbocycles. The Morgan fingerprint density at radius 1 is 1.53 bits per heavy atom. The fourth-order valence-electron chi connectivity index (χ4n) is 1.37. The van der Waals surface area contributed by atoms with Gasteiger partial charge < -0.3 is 9.47 Å². The molecule has 0 aliphatic heterocycles. The van der Waals surface area contributed by atoms with Crippen LogP contribution in [0, 0.1) is 3.70 Å². The third-order valence-electron chi connectivity index (χ3n) is 2.38. The first kappa shape index (κ1) is 11.1. The molecule has 1 aromatic rings. The monoisotopic (exact) mass is 319 g/mol. The highest BCUT2D eigenvalue weighted by Crippen LogP contribution is 2.41. The highest BCUT2D eigenvalue weighted by atomic mass is 127. The van der Waals surface area contributed by atoms with Gasteiger partial charge in [-0.3, -0.25) is 0 Å². The Labute approximate surface area is 103 Å². The normalized spacial score (nSPS) is 15.3. The van der Waals surface area contributed by atoms with Gasteiger partial charge in [-0.2, -0.15) is 0 Å². The van der Waals surface area contributed by atoms with Crippen LogP contribution in [0.2, 0.25) is 0 Å². The van der Waals surface area contributed by atoms with E-state index in [0.29, 0.717) is 19.3 Å². The molecule has 1 aliphatic rings. The Morgan fingerprint density at radius 3 is 3.00 bits per heavy atom. The van der Waals surface area contributed by atoms with Gasteiger partial charge in [0, 0.05) is 12.8 Å². The van der Waals surface area contributed by atoms with Crippen molar-refractivity contribution in [1.82, 2.24) is 4.98 Å². The molecule has 0 bridgehead atoms. The van der Waals surface area contributed by atoms with Crippen LogP contribution < -0.4 is 4.74 Å². The quantitative estimate of drug-likeness (QED) is 0.362. The van der Waals surface area contributed by atoms with Crippen LogP contribution in [0.4, 0.5) is 0 Å². The smallest absolute Gasteiger partial charge is 0.189 e. The third kappa shape index (κ3) is 3.04. The van der Waals surface area contributed by atoms with E-state index in [-0.39, 0.29) is 0 Å². The molecule has 1 saturated carbocycles. The van der Waals surface area contributed by atoms with Crippen LogP contribution in [0.15, 0.2) is 12.3 Å². The fraction of sp³-hybridized carbons (Fsp3) is 0.545. The number of pyridine rings is 1. The first-order chi connectivity index (χ1) is 7.31. The highest BCUT2D eigenvalue weighted by Gasteiger charge is 2.24. The largest absolute Gasteiger partial charge is 0.465 e. The number of nitrogens with zero attached hydrogens (tertiary/aromatic N) is 1. The predicted octanol–water partition coefficient (Wildman–Crippen LogP) is 2.94. The second-order valence-electron chi connectivity index (χ2n) is 3.59. The number of hydrogen-bond donors (Lipinski definition) is 0. The molecule has 1 aliphatic carbocycles. The van der Waals surface area contributed by atoms with Crippen molar-refractivity contribution in [2.45, 2.75) is 25.7 Å². The molecule has 0 N–H and O–H groups in total. The molecule has 3 nitrogen and oxygen atoms in total. The predicted molar refractivity (Wildman–Crippen MR) is 66.1 cm³/mol. The third-order valence-corrected chi connectivity index (χ3v) is 3.19. The van der Waals surface area contributed by atoms with Gasteiger partial charge in [-0.1, -0.05) is 0 Å². The fourth-order valence-corrected chi connectivity index (χ4v) is 1.82. The lowest BCUT2D eigenvalue weighted by Crippen LogP contribution is -2.04. The molecule has 0 saturated heterocycles. The number of aromatic nitrogens is 1. The van der Waals surface area contributed by atoms with Gasteiger partial charge in [0.15, 0.2) is 12.5 Å². The van der Waals surface area contributed by atoms with Gasteiger partial charge in [0.1, 0.15) is 3.70 Å². The van der Waals surface area contributed by atoms with Gasteiger partial charge in [-0.25, -0.2) is 4.98 Å². The lowest BCUT2D eigenvalue weighted by atomic mass is 10.2. The second kappa shape index (κ2) is 5.12. The van der Waals surface area contributed by atoms with Gasteiger partial charge in [0.05, 0.1) is 0 Å². The molecule has 1 aromatic heterocycles. The van der Waals surface area contributed by atoms with Gasteiger partial charge in [0.25, 0.3) is 0 Å². The summed E-state index contributed by atoms with van der Waals surface area (Å²) < 4.78 is 11.6. The van der Waals surface area contributed by atoms with E-state index >= 15 is 0 Å². The van der Waals surface area contributed by atoms with Crippen molar-refractivity contribution >= 4 is 22.6 Å². The summed E-state index contributed by atoms with van der Waals surface area (Å²) in [6.45, 7) is 2.93. The first-order valence-electron chi connectivity index (χ1n) is 5.17. The molecule has 0 radical (unpaired) electrons. The number of hydrogen-bond acceptors (Lipinski definition) is 3. The molecule has 82 valence electrons. The SMILES string of the molecule is CCOCOc1cc(C2CC2)cnc1I. The molecule has 0 unspecified atom stereocenters. The van der Waals surface area contributed by atoms with Crippen molar-refractivity contribution in [3.05, 3.63) is 21.5 Å². The molecular formula is C11H14INO2. The summed E-state index contributed by atoms with van der Waals surface area (Å²) in [5.74, 6) is 1.55. The highest BCUT2D eigenvalue weighted by molar-refractivity contribution is 14.1. The molecule has 2 rings (SSSR count).